The van der Waals surface area contributed by atoms with Crippen LogP contribution in [0.3, 0.4) is 0 Å². The summed E-state index contributed by atoms with van der Waals surface area (Å²) < 4.78 is 5.43. The molecule has 0 aliphatic rings. The second-order valence-electron chi connectivity index (χ2n) is 4.78. The largest absolute Gasteiger partial charge is 0.477 e. The summed E-state index contributed by atoms with van der Waals surface area (Å²) in [5, 5.41) is 11.7. The van der Waals surface area contributed by atoms with Crippen LogP contribution in [0.1, 0.15) is 51.0 Å². The van der Waals surface area contributed by atoms with Gasteiger partial charge in [0.2, 0.25) is 0 Å². The minimum absolute atomic E-state index is 0.0691. The highest BCUT2D eigenvalue weighted by molar-refractivity contribution is 5.94. The van der Waals surface area contributed by atoms with Gasteiger partial charge >= 0.3 is 5.97 Å². The fourth-order valence-electron chi connectivity index (χ4n) is 2.11. The number of pyridine rings is 1. The fraction of sp³-hybridized carbons (Fsp3) is 0.267. The van der Waals surface area contributed by atoms with Crippen molar-refractivity contribution in [2.45, 2.75) is 26.8 Å². The predicted octanol–water partition coefficient (Wildman–Crippen LogP) is 2.48. The Hall–Kier alpha value is -2.63. The fourth-order valence-corrected chi connectivity index (χ4v) is 2.11. The van der Waals surface area contributed by atoms with Crippen molar-refractivity contribution >= 4 is 11.9 Å². The molecule has 0 fully saturated rings. The van der Waals surface area contributed by atoms with Gasteiger partial charge in [0, 0.05) is 5.56 Å². The summed E-state index contributed by atoms with van der Waals surface area (Å²) in [6.07, 6.45) is 0. The number of amides is 1. The molecule has 0 spiro atoms. The van der Waals surface area contributed by atoms with Gasteiger partial charge in [0.15, 0.2) is 0 Å². The number of aromatic nitrogens is 1. The molecule has 1 amide bonds. The molecule has 0 unspecified atom stereocenters. The Labute approximate surface area is 121 Å². The van der Waals surface area contributed by atoms with E-state index in [0.717, 1.165) is 17.1 Å². The molecule has 0 aliphatic heterocycles. The average Bonchev–Trinajstić information content (AvgIpc) is 2.77. The first kappa shape index (κ1) is 14.8. The standard InChI is InChI=1S/C15H16N2O4/c1-8-7-11(10(3)21-8)9(2)16-14(18)12-5-4-6-13(17-12)15(19)20/h4-7,9H,1-3H3,(H,16,18)(H,19,20)/t9-/m0/s1. The molecule has 6 heteroatoms. The molecule has 0 aliphatic carbocycles. The smallest absolute Gasteiger partial charge is 0.354 e. The molecule has 2 heterocycles. The van der Waals surface area contributed by atoms with Crippen LogP contribution in [0.5, 0.6) is 0 Å². The van der Waals surface area contributed by atoms with Crippen LogP contribution in [0.15, 0.2) is 28.7 Å². The third-order valence-corrected chi connectivity index (χ3v) is 3.09. The summed E-state index contributed by atoms with van der Waals surface area (Å²) in [6.45, 7) is 5.49. The van der Waals surface area contributed by atoms with Gasteiger partial charge in [0.1, 0.15) is 22.9 Å². The molecular formula is C15H16N2O4. The van der Waals surface area contributed by atoms with Gasteiger partial charge in [-0.15, -0.1) is 0 Å². The predicted molar refractivity (Wildman–Crippen MR) is 75.3 cm³/mol. The topological polar surface area (TPSA) is 92.4 Å². The molecule has 21 heavy (non-hydrogen) atoms. The van der Waals surface area contributed by atoms with Crippen molar-refractivity contribution in [1.82, 2.24) is 10.3 Å². The van der Waals surface area contributed by atoms with E-state index in [9.17, 15) is 9.59 Å². The number of carbonyl (C=O) groups excluding carboxylic acids is 1. The molecule has 0 bridgehead atoms. The minimum atomic E-state index is -1.17. The Balaban J connectivity index is 2.16. The zero-order chi connectivity index (χ0) is 15.6. The molecule has 2 aromatic heterocycles. The zero-order valence-electron chi connectivity index (χ0n) is 12.0. The van der Waals surface area contributed by atoms with E-state index in [0.29, 0.717) is 0 Å². The number of hydrogen-bond donors (Lipinski definition) is 2. The van der Waals surface area contributed by atoms with Crippen LogP contribution in [-0.2, 0) is 0 Å². The van der Waals surface area contributed by atoms with Crippen molar-refractivity contribution in [2.24, 2.45) is 0 Å². The Bertz CT molecular complexity index is 691. The lowest BCUT2D eigenvalue weighted by molar-refractivity contribution is 0.0690. The number of aryl methyl sites for hydroxylation is 2. The van der Waals surface area contributed by atoms with E-state index >= 15 is 0 Å². The highest BCUT2D eigenvalue weighted by Crippen LogP contribution is 2.21. The van der Waals surface area contributed by atoms with Crippen molar-refractivity contribution in [3.63, 3.8) is 0 Å². The number of nitrogens with zero attached hydrogens (tertiary/aromatic N) is 1. The summed E-state index contributed by atoms with van der Waals surface area (Å²) in [7, 11) is 0. The van der Waals surface area contributed by atoms with Crippen LogP contribution in [-0.4, -0.2) is 22.0 Å². The van der Waals surface area contributed by atoms with Gasteiger partial charge in [-0.05, 0) is 39.0 Å². The van der Waals surface area contributed by atoms with Gasteiger partial charge in [-0.3, -0.25) is 4.79 Å². The van der Waals surface area contributed by atoms with Crippen molar-refractivity contribution in [3.8, 4) is 0 Å². The molecular weight excluding hydrogens is 272 g/mol. The molecule has 0 saturated carbocycles. The van der Waals surface area contributed by atoms with Gasteiger partial charge < -0.3 is 14.8 Å². The molecule has 110 valence electrons. The maximum atomic E-state index is 12.1. The van der Waals surface area contributed by atoms with E-state index in [1.807, 2.05) is 26.8 Å². The van der Waals surface area contributed by atoms with Gasteiger partial charge in [0.05, 0.1) is 6.04 Å². The van der Waals surface area contributed by atoms with Gasteiger partial charge in [-0.2, -0.15) is 0 Å². The van der Waals surface area contributed by atoms with Crippen molar-refractivity contribution in [2.75, 3.05) is 0 Å². The van der Waals surface area contributed by atoms with Crippen molar-refractivity contribution in [1.29, 1.82) is 0 Å². The number of carbonyl (C=O) groups is 2. The maximum Gasteiger partial charge on any atom is 0.354 e. The molecule has 0 radical (unpaired) electrons. The lowest BCUT2D eigenvalue weighted by atomic mass is 10.1. The van der Waals surface area contributed by atoms with Crippen molar-refractivity contribution in [3.05, 3.63) is 52.7 Å². The first-order valence-electron chi connectivity index (χ1n) is 6.46. The normalized spacial score (nSPS) is 12.0. The monoisotopic (exact) mass is 288 g/mol. The highest BCUT2D eigenvalue weighted by atomic mass is 16.4. The third kappa shape index (κ3) is 3.28. The number of carboxylic acid groups (broad SMARTS) is 1. The first-order chi connectivity index (χ1) is 9.88. The Morgan fingerprint density at radius 3 is 2.52 bits per heavy atom. The summed E-state index contributed by atoms with van der Waals surface area (Å²) >= 11 is 0. The van der Waals surface area contributed by atoms with Crippen LogP contribution in [0.4, 0.5) is 0 Å². The number of nitrogens with one attached hydrogen (secondary N) is 1. The highest BCUT2D eigenvalue weighted by Gasteiger charge is 2.17. The second-order valence-corrected chi connectivity index (χ2v) is 4.78. The molecule has 0 aromatic carbocycles. The molecule has 2 rings (SSSR count). The van der Waals surface area contributed by atoms with Gasteiger partial charge in [0.25, 0.3) is 5.91 Å². The third-order valence-electron chi connectivity index (χ3n) is 3.09. The van der Waals surface area contributed by atoms with E-state index in [-0.39, 0.29) is 17.4 Å². The van der Waals surface area contributed by atoms with Crippen LogP contribution in [0.25, 0.3) is 0 Å². The minimum Gasteiger partial charge on any atom is -0.477 e. The van der Waals surface area contributed by atoms with Gasteiger partial charge in [-0.25, -0.2) is 9.78 Å². The molecule has 6 nitrogen and oxygen atoms in total. The van der Waals surface area contributed by atoms with E-state index in [4.69, 9.17) is 9.52 Å². The Morgan fingerprint density at radius 1 is 1.29 bits per heavy atom. The zero-order valence-corrected chi connectivity index (χ0v) is 12.0. The molecule has 1 atom stereocenters. The number of rotatable bonds is 4. The van der Waals surface area contributed by atoms with Crippen molar-refractivity contribution < 1.29 is 19.1 Å². The lowest BCUT2D eigenvalue weighted by Crippen LogP contribution is -2.28. The number of aromatic carboxylic acids is 1. The number of carboxylic acids is 1. The summed E-state index contributed by atoms with van der Waals surface area (Å²) in [6, 6.07) is 5.91. The Kier molecular flexibility index (Phi) is 4.07. The van der Waals surface area contributed by atoms with Crippen LogP contribution in [0, 0.1) is 13.8 Å². The quantitative estimate of drug-likeness (QED) is 0.901. The van der Waals surface area contributed by atoms with E-state index in [2.05, 4.69) is 10.3 Å². The van der Waals surface area contributed by atoms with Crippen LogP contribution < -0.4 is 5.32 Å². The van der Waals surface area contributed by atoms with Gasteiger partial charge in [-0.1, -0.05) is 6.07 Å². The van der Waals surface area contributed by atoms with E-state index in [1.54, 1.807) is 0 Å². The Morgan fingerprint density at radius 2 is 1.95 bits per heavy atom. The molecule has 0 saturated heterocycles. The average molecular weight is 288 g/mol. The van der Waals surface area contributed by atoms with Crippen LogP contribution >= 0.6 is 0 Å². The van der Waals surface area contributed by atoms with E-state index in [1.165, 1.54) is 18.2 Å². The van der Waals surface area contributed by atoms with E-state index < -0.39 is 11.9 Å². The summed E-state index contributed by atoms with van der Waals surface area (Å²) in [4.78, 5) is 26.8. The SMILES string of the molecule is Cc1cc([C@H](C)NC(=O)c2cccc(C(=O)O)n2)c(C)o1. The molecule has 2 aromatic rings. The number of furan rings is 1. The molecule has 2 N–H and O–H groups in total. The van der Waals surface area contributed by atoms with Crippen LogP contribution in [0.2, 0.25) is 0 Å². The lowest BCUT2D eigenvalue weighted by Gasteiger charge is -2.13. The summed E-state index contributed by atoms with van der Waals surface area (Å²) in [5.41, 5.74) is 0.792. The number of hydrogen-bond acceptors (Lipinski definition) is 4. The first-order valence-corrected chi connectivity index (χ1v) is 6.46. The maximum absolute atomic E-state index is 12.1. The summed E-state index contributed by atoms with van der Waals surface area (Å²) in [5.74, 6) is -0.0787. The second kappa shape index (κ2) is 5.78.